The van der Waals surface area contributed by atoms with Crippen LogP contribution >= 0.6 is 0 Å². The molecule has 0 amide bonds. The lowest BCUT2D eigenvalue weighted by Crippen LogP contribution is -2.67. The molecule has 17 heteroatoms. The summed E-state index contributed by atoms with van der Waals surface area (Å²) >= 11 is 0. The smallest absolute Gasteiger partial charge is 0.187 e. The fourth-order valence-corrected chi connectivity index (χ4v) is 14.0. The van der Waals surface area contributed by atoms with Gasteiger partial charge in [0.2, 0.25) is 0 Å². The molecule has 8 fully saturated rings. The van der Waals surface area contributed by atoms with Gasteiger partial charge in [0.05, 0.1) is 38.1 Å². The Hall–Kier alpha value is -0.940. The van der Waals surface area contributed by atoms with Crippen LogP contribution in [-0.4, -0.2) is 176 Å². The van der Waals surface area contributed by atoms with Crippen molar-refractivity contribution in [3.05, 3.63) is 11.6 Å². The maximum absolute atomic E-state index is 11.6. The Morgan fingerprint density at radius 3 is 2.03 bits per heavy atom. The third-order valence-corrected chi connectivity index (χ3v) is 17.7. The molecule has 4 aliphatic carbocycles. The minimum Gasteiger partial charge on any atom is -0.394 e. The standard InChI is InChI=1S/C45H72O17/c1-19-8-13-45(55-18-19)20(2)30-27(62-45)15-26-24-7-6-22-14-23(9-11-43(22,4)25(24)10-12-44(26,30)5)57-42-39(61-41-37(54)35(52)32(49)28(16-46)58-41)38(33(50)29(17-47)59-42)60-40-36(53)34(51)31(48)21(3)56-40/h6,19-21,23-42,46-54H,7-18H2,1-5H3. The van der Waals surface area contributed by atoms with Crippen molar-refractivity contribution in [2.24, 2.45) is 46.3 Å². The highest BCUT2D eigenvalue weighted by atomic mass is 16.8. The summed E-state index contributed by atoms with van der Waals surface area (Å²) in [7, 11) is 0. The van der Waals surface area contributed by atoms with Crippen LogP contribution in [0.2, 0.25) is 0 Å². The Kier molecular flexibility index (Phi) is 12.9. The van der Waals surface area contributed by atoms with Crippen LogP contribution in [0.25, 0.3) is 0 Å². The highest BCUT2D eigenvalue weighted by Gasteiger charge is 2.69. The van der Waals surface area contributed by atoms with Crippen molar-refractivity contribution in [1.29, 1.82) is 0 Å². The molecular formula is C45H72O17. The topological polar surface area (TPSA) is 256 Å². The second-order valence-corrected chi connectivity index (χ2v) is 21.1. The summed E-state index contributed by atoms with van der Waals surface area (Å²) in [5.41, 5.74) is 1.45. The highest BCUT2D eigenvalue weighted by Crippen LogP contribution is 2.70. The molecule has 9 rings (SSSR count). The van der Waals surface area contributed by atoms with Crippen molar-refractivity contribution in [3.8, 4) is 0 Å². The van der Waals surface area contributed by atoms with Crippen LogP contribution in [0.15, 0.2) is 11.6 Å². The summed E-state index contributed by atoms with van der Waals surface area (Å²) in [4.78, 5) is 0. The second kappa shape index (κ2) is 17.3. The van der Waals surface area contributed by atoms with Crippen LogP contribution in [0.3, 0.4) is 0 Å². The molecular weight excluding hydrogens is 812 g/mol. The minimum atomic E-state index is -1.83. The summed E-state index contributed by atoms with van der Waals surface area (Å²) in [6, 6.07) is 0. The monoisotopic (exact) mass is 884 g/mol. The van der Waals surface area contributed by atoms with E-state index in [0.29, 0.717) is 48.3 Å². The second-order valence-electron chi connectivity index (χ2n) is 21.1. The van der Waals surface area contributed by atoms with E-state index in [4.69, 9.17) is 37.9 Å². The van der Waals surface area contributed by atoms with Crippen LogP contribution in [0.4, 0.5) is 0 Å². The quantitative estimate of drug-likeness (QED) is 0.148. The van der Waals surface area contributed by atoms with E-state index in [1.54, 1.807) is 0 Å². The maximum atomic E-state index is 11.6. The van der Waals surface area contributed by atoms with Crippen molar-refractivity contribution in [2.75, 3.05) is 19.8 Å². The molecule has 0 aromatic rings. The van der Waals surface area contributed by atoms with E-state index in [0.717, 1.165) is 51.6 Å². The molecule has 354 valence electrons. The Morgan fingerprint density at radius 2 is 1.34 bits per heavy atom. The summed E-state index contributed by atoms with van der Waals surface area (Å²) in [5.74, 6) is 2.51. The summed E-state index contributed by atoms with van der Waals surface area (Å²) in [6.45, 7) is 10.4. The molecule has 0 aromatic heterocycles. The highest BCUT2D eigenvalue weighted by molar-refractivity contribution is 5.26. The van der Waals surface area contributed by atoms with Crippen LogP contribution in [0.5, 0.6) is 0 Å². The third kappa shape index (κ3) is 7.49. The number of hydrogen-bond acceptors (Lipinski definition) is 17. The number of fused-ring (bicyclic) bond motifs is 7. The first-order valence-electron chi connectivity index (χ1n) is 23.4. The lowest BCUT2D eigenvalue weighted by molar-refractivity contribution is -0.394. The number of allylic oxidation sites excluding steroid dienone is 1. The average molecular weight is 885 g/mol. The van der Waals surface area contributed by atoms with Crippen molar-refractivity contribution >= 4 is 0 Å². The van der Waals surface area contributed by atoms with Gasteiger partial charge in [-0.05, 0) is 98.7 Å². The molecule has 5 saturated heterocycles. The molecule has 9 aliphatic rings. The maximum Gasteiger partial charge on any atom is 0.187 e. The molecule has 62 heavy (non-hydrogen) atoms. The molecule has 5 heterocycles. The van der Waals surface area contributed by atoms with Gasteiger partial charge in [0.1, 0.15) is 67.1 Å². The largest absolute Gasteiger partial charge is 0.394 e. The van der Waals surface area contributed by atoms with E-state index in [2.05, 4.69) is 33.8 Å². The summed E-state index contributed by atoms with van der Waals surface area (Å²) in [6.07, 6.45) is -12.4. The molecule has 5 aliphatic heterocycles. The van der Waals surface area contributed by atoms with E-state index in [-0.39, 0.29) is 16.9 Å². The van der Waals surface area contributed by atoms with Gasteiger partial charge < -0.3 is 83.9 Å². The minimum absolute atomic E-state index is 0.0518. The van der Waals surface area contributed by atoms with E-state index >= 15 is 0 Å². The molecule has 26 unspecified atom stereocenters. The van der Waals surface area contributed by atoms with Crippen LogP contribution < -0.4 is 0 Å². The number of hydrogen-bond donors (Lipinski definition) is 9. The van der Waals surface area contributed by atoms with E-state index in [1.165, 1.54) is 12.5 Å². The molecule has 0 radical (unpaired) electrons. The first kappa shape index (κ1) is 46.2. The zero-order chi connectivity index (χ0) is 44.2. The Labute approximate surface area is 363 Å². The van der Waals surface area contributed by atoms with Gasteiger partial charge >= 0.3 is 0 Å². The predicted molar refractivity (Wildman–Crippen MR) is 214 cm³/mol. The van der Waals surface area contributed by atoms with Crippen molar-refractivity contribution in [2.45, 2.75) is 203 Å². The van der Waals surface area contributed by atoms with Crippen LogP contribution in [-0.2, 0) is 37.9 Å². The van der Waals surface area contributed by atoms with E-state index in [1.807, 2.05) is 0 Å². The van der Waals surface area contributed by atoms with Gasteiger partial charge in [-0.2, -0.15) is 0 Å². The number of aliphatic hydroxyl groups is 9. The fourth-order valence-electron chi connectivity index (χ4n) is 14.0. The van der Waals surface area contributed by atoms with Crippen LogP contribution in [0, 0.1) is 46.3 Å². The van der Waals surface area contributed by atoms with Crippen molar-refractivity contribution in [1.82, 2.24) is 0 Å². The van der Waals surface area contributed by atoms with E-state index < -0.39 is 117 Å². The molecule has 0 aromatic carbocycles. The lowest BCUT2D eigenvalue weighted by Gasteiger charge is -2.59. The van der Waals surface area contributed by atoms with Crippen LogP contribution in [0.1, 0.15) is 92.4 Å². The van der Waals surface area contributed by atoms with Gasteiger partial charge in [0, 0.05) is 12.3 Å². The van der Waals surface area contributed by atoms with Gasteiger partial charge in [-0.15, -0.1) is 0 Å². The summed E-state index contributed by atoms with van der Waals surface area (Å²) < 4.78 is 50.3. The first-order chi connectivity index (χ1) is 29.4. The Bertz CT molecular complexity index is 1610. The van der Waals surface area contributed by atoms with Crippen molar-refractivity contribution in [3.63, 3.8) is 0 Å². The first-order valence-corrected chi connectivity index (χ1v) is 23.4. The molecule has 1 spiro atoms. The van der Waals surface area contributed by atoms with Gasteiger partial charge in [-0.25, -0.2) is 0 Å². The van der Waals surface area contributed by atoms with Crippen molar-refractivity contribution < 1.29 is 83.9 Å². The third-order valence-electron chi connectivity index (χ3n) is 17.7. The predicted octanol–water partition coefficient (Wildman–Crippen LogP) is 0.214. The number of ether oxygens (including phenoxy) is 8. The molecule has 26 atom stereocenters. The zero-order valence-electron chi connectivity index (χ0n) is 36.6. The zero-order valence-corrected chi connectivity index (χ0v) is 36.6. The van der Waals surface area contributed by atoms with Gasteiger partial charge in [0.15, 0.2) is 24.7 Å². The van der Waals surface area contributed by atoms with E-state index in [9.17, 15) is 46.0 Å². The Morgan fingerprint density at radius 1 is 0.677 bits per heavy atom. The number of rotatable bonds is 8. The molecule has 17 nitrogen and oxygen atoms in total. The number of aliphatic hydroxyl groups excluding tert-OH is 9. The Balaban J connectivity index is 0.941. The van der Waals surface area contributed by atoms with Gasteiger partial charge in [-0.3, -0.25) is 0 Å². The molecule has 3 saturated carbocycles. The molecule has 9 N–H and O–H groups in total. The van der Waals surface area contributed by atoms with Gasteiger partial charge in [0.25, 0.3) is 0 Å². The average Bonchev–Trinajstić information content (AvgIpc) is 3.70. The molecule has 0 bridgehead atoms. The lowest BCUT2D eigenvalue weighted by atomic mass is 9.47. The SMILES string of the molecule is CC1CCC2(OC1)OC1CC3C4CC=C5CC(OC6OC(CO)C(O)C(OC7OC(C)C(O)C(O)C7O)C6OC6OC(CO)C(O)C(O)C6O)CCC5(C)C4CCC3(C)C1C2C. The summed E-state index contributed by atoms with van der Waals surface area (Å²) in [5, 5.41) is 95.8. The normalized spacial score (nSPS) is 57.6. The fraction of sp³-hybridized carbons (Fsp3) is 0.956. The van der Waals surface area contributed by atoms with Gasteiger partial charge in [-0.1, -0.05) is 39.3 Å².